The molecule has 154 valence electrons. The zero-order valence-corrected chi connectivity index (χ0v) is 16.8. The van der Waals surface area contributed by atoms with Gasteiger partial charge in [0, 0.05) is 23.1 Å². The van der Waals surface area contributed by atoms with Gasteiger partial charge in [0.15, 0.2) is 6.61 Å². The van der Waals surface area contributed by atoms with Crippen molar-refractivity contribution in [3.05, 3.63) is 87.2 Å². The van der Waals surface area contributed by atoms with Gasteiger partial charge >= 0.3 is 5.97 Å². The quantitative estimate of drug-likeness (QED) is 0.376. The molecule has 0 spiro atoms. The van der Waals surface area contributed by atoms with E-state index in [1.54, 1.807) is 18.2 Å². The molecule has 1 heterocycles. The fourth-order valence-corrected chi connectivity index (χ4v) is 3.18. The predicted molar refractivity (Wildman–Crippen MR) is 112 cm³/mol. The van der Waals surface area contributed by atoms with Gasteiger partial charge in [0.25, 0.3) is 11.6 Å². The molecule has 8 nitrogen and oxygen atoms in total. The number of hydrogen-bond donors (Lipinski definition) is 1. The summed E-state index contributed by atoms with van der Waals surface area (Å²) in [4.78, 5) is 34.8. The van der Waals surface area contributed by atoms with Gasteiger partial charge in [-0.25, -0.2) is 4.79 Å². The lowest BCUT2D eigenvalue weighted by atomic mass is 10.1. The highest BCUT2D eigenvalue weighted by molar-refractivity contribution is 5.96. The van der Waals surface area contributed by atoms with Gasteiger partial charge in [-0.2, -0.15) is 0 Å². The molecule has 3 aromatic rings. The number of benzene rings is 2. The minimum Gasteiger partial charge on any atom is -0.452 e. The fraction of sp³-hybridized carbons (Fsp3) is 0.182. The van der Waals surface area contributed by atoms with E-state index in [0.717, 1.165) is 17.1 Å². The number of carbonyl (C=O) groups is 2. The minimum absolute atomic E-state index is 0.0990. The average Bonchev–Trinajstić information content (AvgIpc) is 3.05. The summed E-state index contributed by atoms with van der Waals surface area (Å²) in [6.07, 6.45) is 0. The maximum absolute atomic E-state index is 12.2. The zero-order valence-electron chi connectivity index (χ0n) is 16.8. The Bertz CT molecular complexity index is 1100. The number of anilines is 1. The van der Waals surface area contributed by atoms with Gasteiger partial charge in [-0.15, -0.1) is 0 Å². The van der Waals surface area contributed by atoms with E-state index in [2.05, 4.69) is 9.88 Å². The van der Waals surface area contributed by atoms with E-state index in [0.29, 0.717) is 16.8 Å². The number of carbonyl (C=O) groups excluding carboxylic acids is 2. The number of nitro groups is 1. The number of aromatic nitrogens is 1. The third-order valence-electron chi connectivity index (χ3n) is 4.74. The normalized spacial score (nSPS) is 10.5. The third-order valence-corrected chi connectivity index (χ3v) is 4.74. The molecule has 3 rings (SSSR count). The number of amides is 1. The minimum atomic E-state index is -0.631. The van der Waals surface area contributed by atoms with Gasteiger partial charge < -0.3 is 14.6 Å². The molecule has 0 radical (unpaired) electrons. The first-order valence-electron chi connectivity index (χ1n) is 9.24. The van der Waals surface area contributed by atoms with Crippen LogP contribution in [0.15, 0.2) is 54.6 Å². The topological polar surface area (TPSA) is 103 Å². The Kier molecular flexibility index (Phi) is 5.96. The van der Waals surface area contributed by atoms with Crippen LogP contribution in [0, 0.1) is 30.9 Å². The van der Waals surface area contributed by atoms with Crippen molar-refractivity contribution in [1.82, 2.24) is 4.57 Å². The second-order valence-electron chi connectivity index (χ2n) is 6.83. The van der Waals surface area contributed by atoms with Crippen LogP contribution < -0.4 is 5.32 Å². The highest BCUT2D eigenvalue weighted by Gasteiger charge is 2.16. The molecule has 0 aliphatic rings. The average molecular weight is 407 g/mol. The SMILES string of the molecule is Cc1c(NC(=O)COC(=O)c2ccc(-n3c(C)ccc3C)cc2)cccc1[N+](=O)[O-]. The van der Waals surface area contributed by atoms with Crippen molar-refractivity contribution >= 4 is 23.3 Å². The molecule has 8 heteroatoms. The van der Waals surface area contributed by atoms with E-state index >= 15 is 0 Å². The first-order valence-corrected chi connectivity index (χ1v) is 9.24. The Morgan fingerprint density at radius 1 is 1.00 bits per heavy atom. The number of nitro benzene ring substituents is 1. The number of esters is 1. The first-order chi connectivity index (χ1) is 14.3. The van der Waals surface area contributed by atoms with Gasteiger partial charge in [-0.05, 0) is 63.2 Å². The molecule has 0 bridgehead atoms. The van der Waals surface area contributed by atoms with Crippen molar-refractivity contribution in [2.75, 3.05) is 11.9 Å². The molecule has 1 amide bonds. The Labute approximate surface area is 173 Å². The van der Waals surface area contributed by atoms with E-state index in [-0.39, 0.29) is 5.69 Å². The van der Waals surface area contributed by atoms with E-state index < -0.39 is 23.4 Å². The lowest BCUT2D eigenvalue weighted by Crippen LogP contribution is -2.21. The highest BCUT2D eigenvalue weighted by atomic mass is 16.6. The molecular formula is C22H21N3O5. The molecular weight excluding hydrogens is 386 g/mol. The van der Waals surface area contributed by atoms with Crippen molar-refractivity contribution in [2.24, 2.45) is 0 Å². The number of rotatable bonds is 6. The summed E-state index contributed by atoms with van der Waals surface area (Å²) in [5.41, 5.74) is 3.93. The maximum Gasteiger partial charge on any atom is 0.338 e. The summed E-state index contributed by atoms with van der Waals surface area (Å²) < 4.78 is 7.13. The summed E-state index contributed by atoms with van der Waals surface area (Å²) in [7, 11) is 0. The number of nitrogens with zero attached hydrogens (tertiary/aromatic N) is 2. The van der Waals surface area contributed by atoms with Gasteiger partial charge in [0.1, 0.15) is 0 Å². The summed E-state index contributed by atoms with van der Waals surface area (Å²) in [5, 5.41) is 13.5. The van der Waals surface area contributed by atoms with Gasteiger partial charge in [0.05, 0.1) is 21.7 Å². The van der Waals surface area contributed by atoms with Crippen LogP contribution in [0.4, 0.5) is 11.4 Å². The smallest absolute Gasteiger partial charge is 0.338 e. The van der Waals surface area contributed by atoms with Crippen LogP contribution in [-0.2, 0) is 9.53 Å². The Morgan fingerprint density at radius 2 is 1.63 bits per heavy atom. The Morgan fingerprint density at radius 3 is 2.23 bits per heavy atom. The van der Waals surface area contributed by atoms with Crippen LogP contribution in [-0.4, -0.2) is 28.0 Å². The Balaban J connectivity index is 1.61. The van der Waals surface area contributed by atoms with Crippen LogP contribution in [0.2, 0.25) is 0 Å². The monoisotopic (exact) mass is 407 g/mol. The molecule has 0 saturated carbocycles. The molecule has 0 aliphatic heterocycles. The molecule has 1 N–H and O–H groups in total. The van der Waals surface area contributed by atoms with Crippen LogP contribution in [0.25, 0.3) is 5.69 Å². The largest absolute Gasteiger partial charge is 0.452 e. The summed E-state index contributed by atoms with van der Waals surface area (Å²) in [6, 6.07) is 15.3. The first kappa shape index (κ1) is 20.8. The fourth-order valence-electron chi connectivity index (χ4n) is 3.18. The second kappa shape index (κ2) is 8.60. The molecule has 1 aromatic heterocycles. The van der Waals surface area contributed by atoms with E-state index in [1.165, 1.54) is 19.1 Å². The number of aryl methyl sites for hydroxylation is 2. The lowest BCUT2D eigenvalue weighted by Gasteiger charge is -2.11. The second-order valence-corrected chi connectivity index (χ2v) is 6.83. The number of nitrogens with one attached hydrogen (secondary N) is 1. The molecule has 0 aliphatic carbocycles. The molecule has 2 aromatic carbocycles. The van der Waals surface area contributed by atoms with Crippen molar-refractivity contribution in [3.8, 4) is 5.69 Å². The van der Waals surface area contributed by atoms with Crippen molar-refractivity contribution in [2.45, 2.75) is 20.8 Å². The number of hydrogen-bond acceptors (Lipinski definition) is 5. The highest BCUT2D eigenvalue weighted by Crippen LogP contribution is 2.25. The van der Waals surface area contributed by atoms with Gasteiger partial charge in [-0.1, -0.05) is 6.07 Å². The lowest BCUT2D eigenvalue weighted by molar-refractivity contribution is -0.385. The standard InChI is InChI=1S/C22H21N3O5/c1-14-7-8-15(2)24(14)18-11-9-17(10-12-18)22(27)30-13-21(26)23-19-5-4-6-20(16(19)3)25(28)29/h4-12H,13H2,1-3H3,(H,23,26). The molecule has 0 fully saturated rings. The number of ether oxygens (including phenoxy) is 1. The van der Waals surface area contributed by atoms with E-state index in [9.17, 15) is 19.7 Å². The molecule has 0 unspecified atom stereocenters. The summed E-state index contributed by atoms with van der Waals surface area (Å²) >= 11 is 0. The summed E-state index contributed by atoms with van der Waals surface area (Å²) in [6.45, 7) is 5.03. The van der Waals surface area contributed by atoms with Crippen LogP contribution in [0.3, 0.4) is 0 Å². The van der Waals surface area contributed by atoms with Crippen LogP contribution >= 0.6 is 0 Å². The molecule has 0 saturated heterocycles. The van der Waals surface area contributed by atoms with Crippen molar-refractivity contribution < 1.29 is 19.2 Å². The van der Waals surface area contributed by atoms with Crippen molar-refractivity contribution in [1.29, 1.82) is 0 Å². The van der Waals surface area contributed by atoms with E-state index in [4.69, 9.17) is 4.74 Å². The van der Waals surface area contributed by atoms with Gasteiger partial charge in [0.2, 0.25) is 0 Å². The molecule has 0 atom stereocenters. The van der Waals surface area contributed by atoms with Gasteiger partial charge in [-0.3, -0.25) is 14.9 Å². The Hall–Kier alpha value is -3.94. The zero-order chi connectivity index (χ0) is 21.8. The van der Waals surface area contributed by atoms with Crippen molar-refractivity contribution in [3.63, 3.8) is 0 Å². The van der Waals surface area contributed by atoms with Crippen LogP contribution in [0.5, 0.6) is 0 Å². The third kappa shape index (κ3) is 4.38. The predicted octanol–water partition coefficient (Wildman–Crippen LogP) is 4.11. The summed E-state index contributed by atoms with van der Waals surface area (Å²) in [5.74, 6) is -1.21. The maximum atomic E-state index is 12.2. The van der Waals surface area contributed by atoms with Crippen LogP contribution in [0.1, 0.15) is 27.3 Å². The molecule has 30 heavy (non-hydrogen) atoms. The van der Waals surface area contributed by atoms with E-state index in [1.807, 2.05) is 38.1 Å².